The van der Waals surface area contributed by atoms with E-state index < -0.39 is 0 Å². The van der Waals surface area contributed by atoms with E-state index in [-0.39, 0.29) is 24.3 Å². The minimum atomic E-state index is -0.0176. The third-order valence-corrected chi connectivity index (χ3v) is 4.66. The summed E-state index contributed by atoms with van der Waals surface area (Å²) in [4.78, 5) is 25.9. The predicted octanol–water partition coefficient (Wildman–Crippen LogP) is 2.43. The Hall–Kier alpha value is -1.31. The first-order valence-corrected chi connectivity index (χ1v) is 9.12. The van der Waals surface area contributed by atoms with E-state index in [1.54, 1.807) is 4.90 Å². The number of ether oxygens (including phenoxy) is 1. The van der Waals surface area contributed by atoms with Crippen molar-refractivity contribution < 1.29 is 14.3 Å². The molecule has 1 aliphatic heterocycles. The fourth-order valence-electron chi connectivity index (χ4n) is 2.55. The van der Waals surface area contributed by atoms with Gasteiger partial charge in [0.05, 0.1) is 0 Å². The molecule has 0 unspecified atom stereocenters. The highest BCUT2D eigenvalue weighted by Gasteiger charge is 2.27. The number of likely N-dealkylation sites (tertiary alicyclic amines) is 1. The van der Waals surface area contributed by atoms with E-state index in [1.165, 1.54) is 0 Å². The monoisotopic (exact) mass is 430 g/mol. The molecule has 1 aliphatic rings. The summed E-state index contributed by atoms with van der Waals surface area (Å²) in [6.07, 6.45) is 2.40. The molecule has 1 saturated heterocycles. The van der Waals surface area contributed by atoms with Crippen LogP contribution in [0.2, 0.25) is 0 Å². The van der Waals surface area contributed by atoms with Crippen LogP contribution in [0.3, 0.4) is 0 Å². The van der Waals surface area contributed by atoms with Crippen LogP contribution in [0.1, 0.15) is 26.2 Å². The zero-order chi connectivity index (χ0) is 16.7. The van der Waals surface area contributed by atoms with E-state index in [0.717, 1.165) is 29.4 Å². The molecule has 1 aromatic carbocycles. The van der Waals surface area contributed by atoms with Gasteiger partial charge < -0.3 is 15.0 Å². The quantitative estimate of drug-likeness (QED) is 0.706. The van der Waals surface area contributed by atoms with Crippen LogP contribution < -0.4 is 10.1 Å². The minimum absolute atomic E-state index is 0.0176. The third kappa shape index (κ3) is 5.67. The van der Waals surface area contributed by atoms with Gasteiger partial charge in [-0.25, -0.2) is 0 Å². The van der Waals surface area contributed by atoms with E-state index in [9.17, 15) is 9.59 Å². The van der Waals surface area contributed by atoms with E-state index in [2.05, 4.69) is 27.9 Å². The molecule has 0 bridgehead atoms. The van der Waals surface area contributed by atoms with Crippen molar-refractivity contribution in [3.8, 4) is 5.75 Å². The number of hydrogen-bond acceptors (Lipinski definition) is 3. The number of carbonyl (C=O) groups is 2. The largest absolute Gasteiger partial charge is 0.484 e. The SMILES string of the molecule is CCCNC(=O)C1CCN(C(=O)COc2ccc(I)cc2)CC1. The van der Waals surface area contributed by atoms with Gasteiger partial charge in [0.1, 0.15) is 5.75 Å². The van der Waals surface area contributed by atoms with Crippen molar-refractivity contribution in [3.63, 3.8) is 0 Å². The second kappa shape index (κ2) is 9.10. The lowest BCUT2D eigenvalue weighted by atomic mass is 9.96. The first kappa shape index (κ1) is 18.0. The number of rotatable bonds is 6. The van der Waals surface area contributed by atoms with E-state index in [1.807, 2.05) is 31.2 Å². The Bertz CT molecular complexity index is 525. The van der Waals surface area contributed by atoms with Crippen molar-refractivity contribution >= 4 is 34.4 Å². The fraction of sp³-hybridized carbons (Fsp3) is 0.529. The Morgan fingerprint density at radius 2 is 1.91 bits per heavy atom. The number of amides is 2. The standard InChI is InChI=1S/C17H23IN2O3/c1-2-9-19-17(22)13-7-10-20(11-8-13)16(21)12-23-15-5-3-14(18)4-6-15/h3-6,13H,2,7-12H2,1H3,(H,19,22). The first-order chi connectivity index (χ1) is 11.1. The number of nitrogens with one attached hydrogen (secondary N) is 1. The number of benzene rings is 1. The van der Waals surface area contributed by atoms with Crippen molar-refractivity contribution in [2.75, 3.05) is 26.2 Å². The number of halogens is 1. The molecule has 2 rings (SSSR count). The topological polar surface area (TPSA) is 58.6 Å². The molecule has 0 aromatic heterocycles. The predicted molar refractivity (Wildman–Crippen MR) is 97.3 cm³/mol. The molecule has 0 atom stereocenters. The summed E-state index contributed by atoms with van der Waals surface area (Å²) in [5.74, 6) is 0.834. The molecule has 1 aromatic rings. The first-order valence-electron chi connectivity index (χ1n) is 8.04. The maximum Gasteiger partial charge on any atom is 0.260 e. The van der Waals surface area contributed by atoms with E-state index in [4.69, 9.17) is 4.74 Å². The summed E-state index contributed by atoms with van der Waals surface area (Å²) < 4.78 is 6.66. The van der Waals surface area contributed by atoms with Crippen LogP contribution in [0.4, 0.5) is 0 Å². The maximum atomic E-state index is 12.2. The highest BCUT2D eigenvalue weighted by Crippen LogP contribution is 2.18. The smallest absolute Gasteiger partial charge is 0.260 e. The van der Waals surface area contributed by atoms with Crippen LogP contribution in [0.15, 0.2) is 24.3 Å². The summed E-state index contributed by atoms with van der Waals surface area (Å²) >= 11 is 2.23. The van der Waals surface area contributed by atoms with Crippen LogP contribution in [0.5, 0.6) is 5.75 Å². The van der Waals surface area contributed by atoms with Gasteiger partial charge in [0, 0.05) is 29.1 Å². The van der Waals surface area contributed by atoms with Gasteiger partial charge in [-0.3, -0.25) is 9.59 Å². The highest BCUT2D eigenvalue weighted by molar-refractivity contribution is 14.1. The van der Waals surface area contributed by atoms with Gasteiger partial charge in [-0.2, -0.15) is 0 Å². The molecule has 5 nitrogen and oxygen atoms in total. The zero-order valence-electron chi connectivity index (χ0n) is 13.4. The second-order valence-corrected chi connectivity index (χ2v) is 6.93. The molecule has 126 valence electrons. The van der Waals surface area contributed by atoms with Gasteiger partial charge in [-0.05, 0) is 66.1 Å². The Kier molecular flexibility index (Phi) is 7.14. The number of hydrogen-bond donors (Lipinski definition) is 1. The van der Waals surface area contributed by atoms with Crippen molar-refractivity contribution in [1.29, 1.82) is 0 Å². The second-order valence-electron chi connectivity index (χ2n) is 5.69. The Balaban J connectivity index is 1.73. The lowest BCUT2D eigenvalue weighted by molar-refractivity contribution is -0.137. The van der Waals surface area contributed by atoms with Crippen LogP contribution in [-0.4, -0.2) is 43.0 Å². The molecule has 1 N–H and O–H groups in total. The number of carbonyl (C=O) groups excluding carboxylic acids is 2. The van der Waals surface area contributed by atoms with Crippen molar-refractivity contribution in [3.05, 3.63) is 27.8 Å². The Morgan fingerprint density at radius 1 is 1.26 bits per heavy atom. The van der Waals surface area contributed by atoms with E-state index in [0.29, 0.717) is 18.8 Å². The zero-order valence-corrected chi connectivity index (χ0v) is 15.5. The number of piperidine rings is 1. The average molecular weight is 430 g/mol. The minimum Gasteiger partial charge on any atom is -0.484 e. The average Bonchev–Trinajstić information content (AvgIpc) is 2.59. The van der Waals surface area contributed by atoms with Crippen LogP contribution in [-0.2, 0) is 9.59 Å². The molecule has 0 radical (unpaired) electrons. The van der Waals surface area contributed by atoms with Gasteiger partial charge in [0.15, 0.2) is 6.61 Å². The molecule has 1 heterocycles. The molecule has 23 heavy (non-hydrogen) atoms. The molecular weight excluding hydrogens is 407 g/mol. The maximum absolute atomic E-state index is 12.2. The van der Waals surface area contributed by atoms with E-state index >= 15 is 0 Å². The van der Waals surface area contributed by atoms with Crippen molar-refractivity contribution in [2.24, 2.45) is 5.92 Å². The summed E-state index contributed by atoms with van der Waals surface area (Å²) in [5.41, 5.74) is 0. The van der Waals surface area contributed by atoms with Gasteiger partial charge in [-0.15, -0.1) is 0 Å². The molecule has 0 aliphatic carbocycles. The third-order valence-electron chi connectivity index (χ3n) is 3.94. The summed E-state index contributed by atoms with van der Waals surface area (Å²) in [5, 5.41) is 2.93. The Labute approximate surface area is 150 Å². The highest BCUT2D eigenvalue weighted by atomic mass is 127. The van der Waals surface area contributed by atoms with Crippen LogP contribution >= 0.6 is 22.6 Å². The molecule has 1 fully saturated rings. The molecule has 0 saturated carbocycles. The molecule has 0 spiro atoms. The normalized spacial score (nSPS) is 15.3. The Morgan fingerprint density at radius 3 is 2.52 bits per heavy atom. The molecular formula is C17H23IN2O3. The number of nitrogens with zero attached hydrogens (tertiary/aromatic N) is 1. The van der Waals surface area contributed by atoms with Gasteiger partial charge in [-0.1, -0.05) is 6.92 Å². The van der Waals surface area contributed by atoms with Crippen LogP contribution in [0, 0.1) is 9.49 Å². The lowest BCUT2D eigenvalue weighted by Crippen LogP contribution is -2.44. The fourth-order valence-corrected chi connectivity index (χ4v) is 2.91. The van der Waals surface area contributed by atoms with Gasteiger partial charge >= 0.3 is 0 Å². The van der Waals surface area contributed by atoms with Gasteiger partial charge in [0.25, 0.3) is 5.91 Å². The van der Waals surface area contributed by atoms with Crippen molar-refractivity contribution in [2.45, 2.75) is 26.2 Å². The van der Waals surface area contributed by atoms with Crippen molar-refractivity contribution in [1.82, 2.24) is 10.2 Å². The summed E-state index contributed by atoms with van der Waals surface area (Å²) in [6, 6.07) is 7.61. The summed E-state index contributed by atoms with van der Waals surface area (Å²) in [7, 11) is 0. The van der Waals surface area contributed by atoms with Crippen LogP contribution in [0.25, 0.3) is 0 Å². The molecule has 2 amide bonds. The molecule has 6 heteroatoms. The van der Waals surface area contributed by atoms with Gasteiger partial charge in [0.2, 0.25) is 5.91 Å². The summed E-state index contributed by atoms with van der Waals surface area (Å²) in [6.45, 7) is 4.06. The lowest BCUT2D eigenvalue weighted by Gasteiger charge is -2.31.